The fraction of sp³-hybridized carbons (Fsp3) is 0.458. The molecule has 1 atom stereocenters. The number of anilines is 1. The third-order valence-corrected chi connectivity index (χ3v) is 6.70. The van der Waals surface area contributed by atoms with Gasteiger partial charge in [-0.3, -0.25) is 4.79 Å². The van der Waals surface area contributed by atoms with E-state index in [9.17, 15) is 4.79 Å². The van der Waals surface area contributed by atoms with Crippen molar-refractivity contribution in [2.75, 3.05) is 5.32 Å². The van der Waals surface area contributed by atoms with Gasteiger partial charge in [0.1, 0.15) is 0 Å². The molecule has 2 aromatic carbocycles. The van der Waals surface area contributed by atoms with Crippen LogP contribution in [0, 0.1) is 19.3 Å². The van der Waals surface area contributed by atoms with Gasteiger partial charge in [-0.2, -0.15) is 0 Å². The second kappa shape index (κ2) is 8.57. The highest BCUT2D eigenvalue weighted by molar-refractivity contribution is 6.42. The summed E-state index contributed by atoms with van der Waals surface area (Å²) in [7, 11) is 0. The van der Waals surface area contributed by atoms with Crippen LogP contribution in [0.5, 0.6) is 0 Å². The minimum Gasteiger partial charge on any atom is -0.378 e. The SMILES string of the molecule is Cc1cc2c(c(C)c1CC(C)(C)CC(N)=O)CCCC2Nc1ccc(Cl)c(Cl)c1. The van der Waals surface area contributed by atoms with E-state index in [0.29, 0.717) is 16.5 Å². The molecule has 0 aliphatic heterocycles. The molecule has 0 heterocycles. The van der Waals surface area contributed by atoms with Crippen molar-refractivity contribution in [1.82, 2.24) is 0 Å². The van der Waals surface area contributed by atoms with Crippen LogP contribution in [-0.2, 0) is 17.6 Å². The summed E-state index contributed by atoms with van der Waals surface area (Å²) >= 11 is 12.3. The first kappa shape index (κ1) is 22.0. The number of fused-ring (bicyclic) bond motifs is 1. The zero-order valence-electron chi connectivity index (χ0n) is 17.7. The second-order valence-corrected chi connectivity index (χ2v) is 9.88. The number of hydrogen-bond acceptors (Lipinski definition) is 2. The normalized spacial score (nSPS) is 16.4. The van der Waals surface area contributed by atoms with Crippen LogP contribution in [0.1, 0.15) is 67.0 Å². The average molecular weight is 433 g/mol. The first-order chi connectivity index (χ1) is 13.6. The fourth-order valence-electron chi connectivity index (χ4n) is 4.60. The lowest BCUT2D eigenvalue weighted by Gasteiger charge is -2.32. The quantitative estimate of drug-likeness (QED) is 0.543. The van der Waals surface area contributed by atoms with Gasteiger partial charge < -0.3 is 11.1 Å². The Labute approximate surface area is 184 Å². The van der Waals surface area contributed by atoms with Gasteiger partial charge >= 0.3 is 0 Å². The number of rotatable bonds is 6. The average Bonchev–Trinajstić information content (AvgIpc) is 2.61. The smallest absolute Gasteiger partial charge is 0.217 e. The van der Waals surface area contributed by atoms with Gasteiger partial charge in [0.25, 0.3) is 0 Å². The van der Waals surface area contributed by atoms with Crippen molar-refractivity contribution < 1.29 is 4.79 Å². The third kappa shape index (κ3) is 5.07. The lowest BCUT2D eigenvalue weighted by molar-refractivity contribution is -0.119. The molecular weight excluding hydrogens is 403 g/mol. The Morgan fingerprint density at radius 2 is 1.93 bits per heavy atom. The topological polar surface area (TPSA) is 55.1 Å². The largest absolute Gasteiger partial charge is 0.378 e. The molecule has 3 N–H and O–H groups in total. The first-order valence-electron chi connectivity index (χ1n) is 10.2. The summed E-state index contributed by atoms with van der Waals surface area (Å²) in [5.41, 5.74) is 13.1. The number of benzene rings is 2. The third-order valence-electron chi connectivity index (χ3n) is 5.97. The van der Waals surface area contributed by atoms with Gasteiger partial charge in [0.05, 0.1) is 16.1 Å². The summed E-state index contributed by atoms with van der Waals surface area (Å²) in [4.78, 5) is 11.5. The molecule has 0 fully saturated rings. The van der Waals surface area contributed by atoms with E-state index in [-0.39, 0.29) is 17.4 Å². The van der Waals surface area contributed by atoms with E-state index < -0.39 is 0 Å². The molecule has 0 saturated carbocycles. The summed E-state index contributed by atoms with van der Waals surface area (Å²) in [6.45, 7) is 8.63. The van der Waals surface area contributed by atoms with Crippen molar-refractivity contribution in [2.45, 2.75) is 65.8 Å². The fourth-order valence-corrected chi connectivity index (χ4v) is 4.90. The first-order valence-corrected chi connectivity index (χ1v) is 10.9. The standard InChI is InChI=1S/C24H30Cl2N2O/c1-14-10-18-17(15(2)19(14)12-24(3,4)13-23(27)29)6-5-7-22(18)28-16-8-9-20(25)21(26)11-16/h8-11,22,28H,5-7,12-13H2,1-4H3,(H2,27,29). The van der Waals surface area contributed by atoms with Crippen molar-refractivity contribution in [3.8, 4) is 0 Å². The van der Waals surface area contributed by atoms with E-state index in [1.54, 1.807) is 0 Å². The molecule has 0 aromatic heterocycles. The molecule has 3 nitrogen and oxygen atoms in total. The predicted molar refractivity (Wildman–Crippen MR) is 123 cm³/mol. The van der Waals surface area contributed by atoms with E-state index in [1.165, 1.54) is 27.8 Å². The monoisotopic (exact) mass is 432 g/mol. The zero-order chi connectivity index (χ0) is 21.3. The molecule has 1 aliphatic carbocycles. The molecule has 0 bridgehead atoms. The molecule has 2 aromatic rings. The molecule has 0 saturated heterocycles. The Morgan fingerprint density at radius 1 is 1.21 bits per heavy atom. The number of nitrogens with one attached hydrogen (secondary N) is 1. The van der Waals surface area contributed by atoms with Crippen LogP contribution < -0.4 is 11.1 Å². The lowest BCUT2D eigenvalue weighted by atomic mass is 9.76. The molecule has 156 valence electrons. The van der Waals surface area contributed by atoms with Crippen LogP contribution in [0.4, 0.5) is 5.69 Å². The Kier molecular flexibility index (Phi) is 6.50. The minimum atomic E-state index is -0.242. The zero-order valence-corrected chi connectivity index (χ0v) is 19.2. The number of hydrogen-bond donors (Lipinski definition) is 2. The van der Waals surface area contributed by atoms with Crippen LogP contribution in [0.3, 0.4) is 0 Å². The number of nitrogens with two attached hydrogens (primary N) is 1. The van der Waals surface area contributed by atoms with E-state index in [4.69, 9.17) is 28.9 Å². The molecule has 1 aliphatic rings. The maximum absolute atomic E-state index is 11.5. The Balaban J connectivity index is 1.92. The van der Waals surface area contributed by atoms with Crippen LogP contribution in [-0.4, -0.2) is 5.91 Å². The molecule has 0 radical (unpaired) electrons. The molecule has 29 heavy (non-hydrogen) atoms. The van der Waals surface area contributed by atoms with Crippen molar-refractivity contribution in [2.24, 2.45) is 11.1 Å². The summed E-state index contributed by atoms with van der Waals surface area (Å²) in [6, 6.07) is 8.27. The van der Waals surface area contributed by atoms with E-state index >= 15 is 0 Å². The highest BCUT2D eigenvalue weighted by atomic mass is 35.5. The van der Waals surface area contributed by atoms with Crippen LogP contribution in [0.15, 0.2) is 24.3 Å². The van der Waals surface area contributed by atoms with Gasteiger partial charge in [-0.05, 0) is 91.0 Å². The van der Waals surface area contributed by atoms with Crippen molar-refractivity contribution in [3.05, 3.63) is 62.1 Å². The maximum Gasteiger partial charge on any atom is 0.217 e. The van der Waals surface area contributed by atoms with E-state index in [1.807, 2.05) is 18.2 Å². The van der Waals surface area contributed by atoms with Crippen molar-refractivity contribution in [1.29, 1.82) is 0 Å². The molecule has 1 amide bonds. The lowest BCUT2D eigenvalue weighted by Crippen LogP contribution is -2.26. The van der Waals surface area contributed by atoms with E-state index in [2.05, 4.69) is 39.1 Å². The summed E-state index contributed by atoms with van der Waals surface area (Å²) in [5.74, 6) is -0.242. The summed E-state index contributed by atoms with van der Waals surface area (Å²) < 4.78 is 0. The van der Waals surface area contributed by atoms with Crippen LogP contribution in [0.25, 0.3) is 0 Å². The second-order valence-electron chi connectivity index (χ2n) is 9.07. The highest BCUT2D eigenvalue weighted by Gasteiger charge is 2.27. The maximum atomic E-state index is 11.5. The van der Waals surface area contributed by atoms with Gasteiger partial charge in [-0.15, -0.1) is 0 Å². The van der Waals surface area contributed by atoms with Gasteiger partial charge in [0.2, 0.25) is 5.91 Å². The Bertz CT molecular complexity index is 937. The van der Waals surface area contributed by atoms with Crippen molar-refractivity contribution in [3.63, 3.8) is 0 Å². The van der Waals surface area contributed by atoms with Crippen LogP contribution >= 0.6 is 23.2 Å². The molecule has 0 spiro atoms. The minimum absolute atomic E-state index is 0.151. The number of primary amides is 1. The highest BCUT2D eigenvalue weighted by Crippen LogP contribution is 2.39. The Hall–Kier alpha value is -1.71. The molecule has 1 unspecified atom stereocenters. The predicted octanol–water partition coefficient (Wildman–Crippen LogP) is 6.54. The number of halogens is 2. The summed E-state index contributed by atoms with van der Waals surface area (Å²) in [6.07, 6.45) is 4.55. The van der Waals surface area contributed by atoms with Gasteiger partial charge in [0.15, 0.2) is 0 Å². The van der Waals surface area contributed by atoms with Crippen LogP contribution in [0.2, 0.25) is 10.0 Å². The number of aryl methyl sites for hydroxylation is 1. The number of amides is 1. The van der Waals surface area contributed by atoms with Gasteiger partial charge in [-0.25, -0.2) is 0 Å². The number of carbonyl (C=O) groups excluding carboxylic acids is 1. The number of carbonyl (C=O) groups is 1. The Morgan fingerprint density at radius 3 is 2.59 bits per heavy atom. The summed E-state index contributed by atoms with van der Waals surface area (Å²) in [5, 5.41) is 4.78. The molecule has 3 rings (SSSR count). The van der Waals surface area contributed by atoms with Crippen molar-refractivity contribution >= 4 is 34.8 Å². The molecule has 5 heteroatoms. The molecular formula is C24H30Cl2N2O. The van der Waals surface area contributed by atoms with Gasteiger partial charge in [0, 0.05) is 12.1 Å². The van der Waals surface area contributed by atoms with Gasteiger partial charge in [-0.1, -0.05) is 43.1 Å². The van der Waals surface area contributed by atoms with E-state index in [0.717, 1.165) is 31.4 Å².